The predicted molar refractivity (Wildman–Crippen MR) is 78.5 cm³/mol. The van der Waals surface area contributed by atoms with Crippen LogP contribution in [0.4, 0.5) is 5.82 Å². The number of hydrogen-bond donors (Lipinski definition) is 3. The Kier molecular flexibility index (Phi) is 3.62. The fourth-order valence-corrected chi connectivity index (χ4v) is 2.68. The molecule has 11 heteroatoms. The smallest absolute Gasteiger partial charge is 0.198 e. The topological polar surface area (TPSA) is 168 Å². The molecule has 4 atom stereocenters. The van der Waals surface area contributed by atoms with Crippen molar-refractivity contribution in [3.8, 4) is 0 Å². The first-order valence-electron chi connectivity index (χ1n) is 6.66. The summed E-state index contributed by atoms with van der Waals surface area (Å²) in [6, 6.07) is 0. The molecule has 0 unspecified atom stereocenters. The third-order valence-corrected chi connectivity index (χ3v) is 3.85. The van der Waals surface area contributed by atoms with Gasteiger partial charge in [0.05, 0.1) is 18.9 Å². The molecule has 1 aliphatic rings. The number of aromatic nitrogens is 4. The highest BCUT2D eigenvalue weighted by Gasteiger charge is 2.54. The van der Waals surface area contributed by atoms with Crippen molar-refractivity contribution in [2.75, 3.05) is 12.3 Å². The van der Waals surface area contributed by atoms with Crippen molar-refractivity contribution in [1.29, 1.82) is 0 Å². The number of ether oxygens (including phenoxy) is 1. The van der Waals surface area contributed by atoms with Crippen LogP contribution in [0.25, 0.3) is 21.6 Å². The Labute approximate surface area is 129 Å². The molecule has 0 aliphatic carbocycles. The van der Waals surface area contributed by atoms with E-state index in [1.807, 2.05) is 0 Å². The molecule has 1 saturated heterocycles. The number of aliphatic hydroxyl groups excluding tert-OH is 2. The first-order valence-corrected chi connectivity index (χ1v) is 6.66. The number of aliphatic hydroxyl groups is 2. The standard InChI is InChI=1S/C12H14N8O3/c1-2-6-8(22)12(3-21,18-19-14)23-11(6)20-5-17-7-9(13)15-4-16-10(7)20/h2,4-6,8,11,21-22H,1,3H2,(H2,13,15,16)/t6-,8-,11-,12+/m0/s1. The second kappa shape index (κ2) is 5.48. The number of nitrogens with zero attached hydrogens (tertiary/aromatic N) is 7. The summed E-state index contributed by atoms with van der Waals surface area (Å²) < 4.78 is 7.20. The number of anilines is 1. The SMILES string of the molecule is C=C[C@@H]1[C@@H](n2cnc3c(N)ncnc32)O[C@@](CO)(N=[N+]=[N-])[C@H]1O. The van der Waals surface area contributed by atoms with Gasteiger partial charge in [0, 0.05) is 4.91 Å². The van der Waals surface area contributed by atoms with E-state index in [9.17, 15) is 10.2 Å². The highest BCUT2D eigenvalue weighted by Crippen LogP contribution is 2.43. The lowest BCUT2D eigenvalue weighted by Crippen LogP contribution is -2.42. The summed E-state index contributed by atoms with van der Waals surface area (Å²) >= 11 is 0. The molecule has 4 N–H and O–H groups in total. The highest BCUT2D eigenvalue weighted by atomic mass is 16.6. The Morgan fingerprint density at radius 2 is 2.35 bits per heavy atom. The molecule has 0 amide bonds. The zero-order valence-electron chi connectivity index (χ0n) is 11.9. The van der Waals surface area contributed by atoms with Crippen LogP contribution < -0.4 is 5.73 Å². The van der Waals surface area contributed by atoms with E-state index < -0.39 is 30.6 Å². The zero-order valence-corrected chi connectivity index (χ0v) is 11.9. The van der Waals surface area contributed by atoms with Crippen LogP contribution in [-0.4, -0.2) is 48.2 Å². The Balaban J connectivity index is 2.12. The maximum Gasteiger partial charge on any atom is 0.198 e. The number of fused-ring (bicyclic) bond motifs is 1. The molecule has 0 spiro atoms. The molecule has 23 heavy (non-hydrogen) atoms. The molecule has 0 saturated carbocycles. The van der Waals surface area contributed by atoms with Gasteiger partial charge >= 0.3 is 0 Å². The maximum absolute atomic E-state index is 10.4. The lowest BCUT2D eigenvalue weighted by molar-refractivity contribution is -0.122. The van der Waals surface area contributed by atoms with Crippen molar-refractivity contribution in [3.05, 3.63) is 35.8 Å². The molecule has 0 bridgehead atoms. The van der Waals surface area contributed by atoms with E-state index >= 15 is 0 Å². The molecule has 2 aromatic rings. The van der Waals surface area contributed by atoms with Gasteiger partial charge in [0.2, 0.25) is 0 Å². The second-order valence-corrected chi connectivity index (χ2v) is 5.04. The van der Waals surface area contributed by atoms with E-state index in [-0.39, 0.29) is 5.82 Å². The number of nitrogens with two attached hydrogens (primary N) is 1. The largest absolute Gasteiger partial charge is 0.393 e. The summed E-state index contributed by atoms with van der Waals surface area (Å²) in [6.07, 6.45) is 2.03. The Bertz CT molecular complexity index is 801. The normalized spacial score (nSPS) is 30.3. The maximum atomic E-state index is 10.4. The third kappa shape index (κ3) is 2.11. The van der Waals surface area contributed by atoms with Crippen molar-refractivity contribution in [3.63, 3.8) is 0 Å². The minimum Gasteiger partial charge on any atom is -0.393 e. The van der Waals surface area contributed by atoms with Gasteiger partial charge in [-0.1, -0.05) is 11.2 Å². The zero-order chi connectivity index (χ0) is 16.6. The van der Waals surface area contributed by atoms with E-state index in [1.54, 1.807) is 0 Å². The predicted octanol–water partition coefficient (Wildman–Crippen LogP) is 0.0993. The first-order chi connectivity index (χ1) is 11.1. The quantitative estimate of drug-likeness (QED) is 0.311. The van der Waals surface area contributed by atoms with Crippen molar-refractivity contribution in [2.24, 2.45) is 11.0 Å². The van der Waals surface area contributed by atoms with Gasteiger partial charge in [-0.05, 0) is 5.53 Å². The van der Waals surface area contributed by atoms with Crippen LogP contribution in [0, 0.1) is 5.92 Å². The van der Waals surface area contributed by atoms with Gasteiger partial charge in [-0.25, -0.2) is 15.0 Å². The molecule has 1 fully saturated rings. The monoisotopic (exact) mass is 318 g/mol. The van der Waals surface area contributed by atoms with Gasteiger partial charge in [0.25, 0.3) is 0 Å². The number of hydrogen-bond acceptors (Lipinski definition) is 8. The van der Waals surface area contributed by atoms with Crippen molar-refractivity contribution in [2.45, 2.75) is 18.1 Å². The summed E-state index contributed by atoms with van der Waals surface area (Å²) in [4.78, 5) is 14.7. The average Bonchev–Trinajstić information content (AvgIpc) is 3.09. The summed E-state index contributed by atoms with van der Waals surface area (Å²) in [7, 11) is 0. The van der Waals surface area contributed by atoms with Gasteiger partial charge in [0.1, 0.15) is 24.2 Å². The minimum absolute atomic E-state index is 0.200. The minimum atomic E-state index is -1.81. The van der Waals surface area contributed by atoms with Gasteiger partial charge in [-0.3, -0.25) is 4.57 Å². The molecule has 0 aromatic carbocycles. The Morgan fingerprint density at radius 1 is 1.57 bits per heavy atom. The number of rotatable bonds is 4. The molecule has 1 aliphatic heterocycles. The molecule has 0 radical (unpaired) electrons. The third-order valence-electron chi connectivity index (χ3n) is 3.85. The van der Waals surface area contributed by atoms with Gasteiger partial charge in [0.15, 0.2) is 17.2 Å². The lowest BCUT2D eigenvalue weighted by atomic mass is 9.96. The Morgan fingerprint density at radius 3 is 3.00 bits per heavy atom. The molecule has 2 aromatic heterocycles. The number of nitrogen functional groups attached to an aromatic ring is 1. The van der Waals surface area contributed by atoms with E-state index in [0.717, 1.165) is 0 Å². The number of azide groups is 1. The van der Waals surface area contributed by atoms with Gasteiger partial charge in [-0.15, -0.1) is 6.58 Å². The molecular formula is C12H14N8O3. The second-order valence-electron chi connectivity index (χ2n) is 5.04. The van der Waals surface area contributed by atoms with E-state index in [0.29, 0.717) is 11.2 Å². The summed E-state index contributed by atoms with van der Waals surface area (Å²) in [5.74, 6) is -0.466. The molecule has 3 heterocycles. The van der Waals surface area contributed by atoms with Crippen LogP contribution >= 0.6 is 0 Å². The molecular weight excluding hydrogens is 304 g/mol. The molecule has 3 rings (SSSR count). The van der Waals surface area contributed by atoms with Crippen LogP contribution in [-0.2, 0) is 4.74 Å². The molecule has 120 valence electrons. The lowest BCUT2D eigenvalue weighted by Gasteiger charge is -2.24. The highest BCUT2D eigenvalue weighted by molar-refractivity contribution is 5.81. The van der Waals surface area contributed by atoms with Gasteiger partial charge in [-0.2, -0.15) is 0 Å². The van der Waals surface area contributed by atoms with Crippen molar-refractivity contribution >= 4 is 17.0 Å². The Hall–Kier alpha value is -2.72. The van der Waals surface area contributed by atoms with Crippen LogP contribution in [0.5, 0.6) is 0 Å². The number of imidazole rings is 1. The van der Waals surface area contributed by atoms with Crippen LogP contribution in [0.15, 0.2) is 30.4 Å². The fraction of sp³-hybridized carbons (Fsp3) is 0.417. The van der Waals surface area contributed by atoms with Crippen molar-refractivity contribution < 1.29 is 14.9 Å². The van der Waals surface area contributed by atoms with Gasteiger partial charge < -0.3 is 20.7 Å². The van der Waals surface area contributed by atoms with Crippen LogP contribution in [0.1, 0.15) is 6.23 Å². The summed E-state index contributed by atoms with van der Waals surface area (Å²) in [6.45, 7) is 2.97. The summed E-state index contributed by atoms with van der Waals surface area (Å²) in [5, 5.41) is 23.4. The molecule has 11 nitrogen and oxygen atoms in total. The van der Waals surface area contributed by atoms with Crippen LogP contribution in [0.2, 0.25) is 0 Å². The van der Waals surface area contributed by atoms with E-state index in [2.05, 4.69) is 31.6 Å². The van der Waals surface area contributed by atoms with Crippen molar-refractivity contribution in [1.82, 2.24) is 19.5 Å². The average molecular weight is 318 g/mol. The summed E-state index contributed by atoms with van der Waals surface area (Å²) in [5.41, 5.74) is 13.4. The van der Waals surface area contributed by atoms with E-state index in [1.165, 1.54) is 23.3 Å². The van der Waals surface area contributed by atoms with E-state index in [4.69, 9.17) is 16.0 Å². The fourth-order valence-electron chi connectivity index (χ4n) is 2.68. The first kappa shape index (κ1) is 15.2. The van der Waals surface area contributed by atoms with Crippen LogP contribution in [0.3, 0.4) is 0 Å².